The van der Waals surface area contributed by atoms with Crippen LogP contribution < -0.4 is 5.32 Å². The second kappa shape index (κ2) is 11.6. The summed E-state index contributed by atoms with van der Waals surface area (Å²) in [5.41, 5.74) is 2.25. The fourth-order valence-electron chi connectivity index (χ4n) is 6.76. The minimum absolute atomic E-state index is 0.192. The number of benzene rings is 3. The van der Waals surface area contributed by atoms with E-state index in [0.29, 0.717) is 17.0 Å². The number of fused-ring (bicyclic) bond motifs is 2. The molecule has 0 saturated carbocycles. The molecule has 2 aliphatic rings. The van der Waals surface area contributed by atoms with Gasteiger partial charge in [-0.1, -0.05) is 91.0 Å². The normalized spacial score (nSPS) is 24.2. The molecule has 4 atom stereocenters. The Balaban J connectivity index is 1.34. The maximum atomic E-state index is 9.74. The highest BCUT2D eigenvalue weighted by atomic mass is 32.5. The van der Waals surface area contributed by atoms with Gasteiger partial charge in [0.2, 0.25) is 0 Å². The molecule has 238 valence electrons. The molecule has 3 aromatic carbocycles. The van der Waals surface area contributed by atoms with Crippen LogP contribution >= 0.6 is 6.72 Å². The summed E-state index contributed by atoms with van der Waals surface area (Å²) >= 11 is 4.68. The Kier molecular flexibility index (Phi) is 7.82. The van der Waals surface area contributed by atoms with E-state index in [4.69, 9.17) is 28.7 Å². The number of imidazole rings is 1. The molecular weight excluding hydrogens is 625 g/mol. The average molecular weight is 660 g/mol. The Morgan fingerprint density at radius 2 is 1.46 bits per heavy atom. The fourth-order valence-corrected chi connectivity index (χ4v) is 7.28. The molecule has 0 bridgehead atoms. The van der Waals surface area contributed by atoms with Gasteiger partial charge in [0.05, 0.1) is 12.9 Å². The lowest BCUT2D eigenvalue weighted by molar-refractivity contribution is -0.216. The lowest BCUT2D eigenvalue weighted by Gasteiger charge is -2.37. The summed E-state index contributed by atoms with van der Waals surface area (Å²) in [5.74, 6) is -0.415. The van der Waals surface area contributed by atoms with Crippen LogP contribution in [0.2, 0.25) is 0 Å². The van der Waals surface area contributed by atoms with Gasteiger partial charge in [-0.05, 0) is 49.3 Å². The van der Waals surface area contributed by atoms with Gasteiger partial charge < -0.3 is 33.8 Å². The summed E-state index contributed by atoms with van der Waals surface area (Å²) in [6, 6.07) is 30.7. The van der Waals surface area contributed by atoms with E-state index in [9.17, 15) is 9.79 Å². The predicted octanol–water partition coefficient (Wildman–Crippen LogP) is 5.26. The van der Waals surface area contributed by atoms with Gasteiger partial charge in [-0.3, -0.25) is 4.57 Å². The monoisotopic (exact) mass is 659 g/mol. The van der Waals surface area contributed by atoms with Gasteiger partial charge in [0.1, 0.15) is 29.7 Å². The van der Waals surface area contributed by atoms with E-state index in [1.165, 1.54) is 6.33 Å². The lowest BCUT2D eigenvalue weighted by atomic mass is 9.77. The number of nitrogens with zero attached hydrogens (tertiary/aromatic N) is 4. The van der Waals surface area contributed by atoms with Gasteiger partial charge in [-0.25, -0.2) is 15.0 Å². The standard InChI is InChI=1S/C33H34N5O6PS/c1-31(2)43-27-25(19-41-45(39,40)46)42-30(32(27,3)44-31)38-21-36-26-28(34-20-35-29(26)38)37-33(22-13-7-4-8-14-22,23-15-9-5-10-16-23)24-17-11-6-12-18-24/h4-18,20-21,25,27,30H,19H2,1-3H3,(H,34,35,37)(H2,39,40,46)/t25-,27-,30-,32-/m1/s1. The van der Waals surface area contributed by atoms with Gasteiger partial charge in [-0.2, -0.15) is 0 Å². The summed E-state index contributed by atoms with van der Waals surface area (Å²) in [7, 11) is 0. The van der Waals surface area contributed by atoms with Crippen molar-refractivity contribution in [3.8, 4) is 0 Å². The summed E-state index contributed by atoms with van der Waals surface area (Å²) in [5, 5.41) is 3.80. The van der Waals surface area contributed by atoms with Gasteiger partial charge in [0, 0.05) is 0 Å². The van der Waals surface area contributed by atoms with Gasteiger partial charge in [0.15, 0.2) is 29.0 Å². The number of hydrogen-bond donors (Lipinski definition) is 3. The summed E-state index contributed by atoms with van der Waals surface area (Å²) in [6.45, 7) is 1.42. The smallest absolute Gasteiger partial charge is 0.321 e. The number of hydrogen-bond acceptors (Lipinski definition) is 9. The number of rotatable bonds is 9. The van der Waals surface area contributed by atoms with E-state index in [1.54, 1.807) is 10.9 Å². The zero-order chi connectivity index (χ0) is 32.2. The third kappa shape index (κ3) is 5.44. The van der Waals surface area contributed by atoms with Crippen molar-refractivity contribution in [2.45, 2.75) is 56.1 Å². The average Bonchev–Trinajstić information content (AvgIpc) is 3.66. The van der Waals surface area contributed by atoms with Crippen LogP contribution in [0.1, 0.15) is 43.7 Å². The zero-order valence-corrected chi connectivity index (χ0v) is 27.1. The van der Waals surface area contributed by atoms with Crippen molar-refractivity contribution in [2.75, 3.05) is 11.9 Å². The molecule has 4 heterocycles. The van der Waals surface area contributed by atoms with Crippen LogP contribution in [0.5, 0.6) is 0 Å². The topological polar surface area (TPSA) is 133 Å². The van der Waals surface area contributed by atoms with Crippen molar-refractivity contribution in [3.63, 3.8) is 0 Å². The minimum Gasteiger partial charge on any atom is -0.351 e. The molecule has 13 heteroatoms. The molecule has 0 aliphatic carbocycles. The summed E-state index contributed by atoms with van der Waals surface area (Å²) in [6.07, 6.45) is 1.07. The first-order valence-electron chi connectivity index (χ1n) is 14.9. The fraction of sp³-hybridized carbons (Fsp3) is 0.303. The molecule has 7 rings (SSSR count). The van der Waals surface area contributed by atoms with Crippen LogP contribution in [0.3, 0.4) is 0 Å². The van der Waals surface area contributed by atoms with Crippen LogP contribution in [-0.4, -0.2) is 59.5 Å². The first kappa shape index (κ1) is 31.0. The van der Waals surface area contributed by atoms with E-state index in [2.05, 4.69) is 58.5 Å². The van der Waals surface area contributed by atoms with E-state index >= 15 is 0 Å². The zero-order valence-electron chi connectivity index (χ0n) is 25.4. The quantitative estimate of drug-likeness (QED) is 0.141. The molecule has 2 saturated heterocycles. The van der Waals surface area contributed by atoms with Crippen molar-refractivity contribution in [2.24, 2.45) is 0 Å². The minimum atomic E-state index is -3.92. The third-order valence-corrected chi connectivity index (χ3v) is 9.32. The Hall–Kier alpha value is -3.58. The van der Waals surface area contributed by atoms with Crippen molar-refractivity contribution in [1.82, 2.24) is 19.5 Å². The summed E-state index contributed by atoms with van der Waals surface area (Å²) < 4.78 is 26.1. The Morgan fingerprint density at radius 3 is 2.00 bits per heavy atom. The molecule has 0 unspecified atom stereocenters. The second-order valence-corrected chi connectivity index (χ2v) is 14.7. The highest BCUT2D eigenvalue weighted by molar-refractivity contribution is 8.06. The molecule has 2 fully saturated rings. The molecule has 11 nitrogen and oxygen atoms in total. The first-order chi connectivity index (χ1) is 22.0. The van der Waals surface area contributed by atoms with E-state index in [-0.39, 0.29) is 6.61 Å². The summed E-state index contributed by atoms with van der Waals surface area (Å²) in [4.78, 5) is 33.6. The predicted molar refractivity (Wildman–Crippen MR) is 175 cm³/mol. The Bertz CT molecular complexity index is 1790. The van der Waals surface area contributed by atoms with Crippen LogP contribution in [0.25, 0.3) is 11.2 Å². The second-order valence-electron chi connectivity index (χ2n) is 12.1. The van der Waals surface area contributed by atoms with Gasteiger partial charge in [0.25, 0.3) is 0 Å². The van der Waals surface area contributed by atoms with E-state index in [0.717, 1.165) is 16.7 Å². The van der Waals surface area contributed by atoms with Gasteiger partial charge in [-0.15, -0.1) is 0 Å². The maximum absolute atomic E-state index is 9.74. The highest BCUT2D eigenvalue weighted by Crippen LogP contribution is 2.52. The van der Waals surface area contributed by atoms with E-state index < -0.39 is 42.1 Å². The SMILES string of the molecule is CC1(C)O[C@@H]2[C@@H](COP(O)(O)=S)O[C@@H](n3cnc4c(NC(c5ccccc5)(c5ccccc5)c5ccccc5)ncnc43)[C@]2(C)O1. The Morgan fingerprint density at radius 1 is 0.891 bits per heavy atom. The van der Waals surface area contributed by atoms with Crippen molar-refractivity contribution < 1.29 is 28.5 Å². The number of anilines is 1. The number of ether oxygens (including phenoxy) is 3. The van der Waals surface area contributed by atoms with E-state index in [1.807, 2.05) is 75.4 Å². The van der Waals surface area contributed by atoms with Crippen molar-refractivity contribution in [3.05, 3.63) is 120 Å². The molecule has 5 aromatic rings. The van der Waals surface area contributed by atoms with Crippen LogP contribution in [0, 0.1) is 0 Å². The molecule has 0 spiro atoms. The highest BCUT2D eigenvalue weighted by Gasteiger charge is 2.64. The van der Waals surface area contributed by atoms with Gasteiger partial charge >= 0.3 is 6.72 Å². The molecule has 0 radical (unpaired) electrons. The molecule has 3 N–H and O–H groups in total. The first-order valence-corrected chi connectivity index (χ1v) is 17.5. The molecule has 2 aromatic heterocycles. The Labute approximate surface area is 271 Å². The number of nitrogens with one attached hydrogen (secondary N) is 1. The van der Waals surface area contributed by atoms with Crippen molar-refractivity contribution >= 4 is 35.5 Å². The van der Waals surface area contributed by atoms with Crippen molar-refractivity contribution in [1.29, 1.82) is 0 Å². The van der Waals surface area contributed by atoms with Crippen LogP contribution in [0.4, 0.5) is 5.82 Å². The van der Waals surface area contributed by atoms with Crippen LogP contribution in [-0.2, 0) is 36.1 Å². The molecular formula is C33H34N5O6PS. The largest absolute Gasteiger partial charge is 0.351 e. The molecule has 46 heavy (non-hydrogen) atoms. The molecule has 0 amide bonds. The third-order valence-electron chi connectivity index (χ3n) is 8.52. The maximum Gasteiger partial charge on any atom is 0.321 e. The van der Waals surface area contributed by atoms with Crippen LogP contribution in [0.15, 0.2) is 104 Å². The molecule has 2 aliphatic heterocycles. The lowest BCUT2D eigenvalue weighted by Crippen LogP contribution is -2.42. The number of aromatic nitrogens is 4.